The van der Waals surface area contributed by atoms with E-state index in [1.807, 2.05) is 54.6 Å². The maximum Gasteiger partial charge on any atom is 0.148 e. The number of halogens is 3. The molecule has 4 rings (SSSR count). The summed E-state index contributed by atoms with van der Waals surface area (Å²) in [5.41, 5.74) is 3.47. The molecule has 0 spiro atoms. The third-order valence-corrected chi connectivity index (χ3v) is 5.22. The van der Waals surface area contributed by atoms with Gasteiger partial charge in [0, 0.05) is 15.9 Å². The Hall–Kier alpha value is -2.17. The summed E-state index contributed by atoms with van der Waals surface area (Å²) in [6, 6.07) is 22.3. The van der Waals surface area contributed by atoms with Gasteiger partial charge in [-0.25, -0.2) is 4.39 Å². The first-order chi connectivity index (χ1) is 12.6. The predicted molar refractivity (Wildman–Crippen MR) is 108 cm³/mol. The fourth-order valence-corrected chi connectivity index (χ4v) is 3.52. The molecule has 0 N–H and O–H groups in total. The second-order valence-corrected chi connectivity index (χ2v) is 7.47. The lowest BCUT2D eigenvalue weighted by atomic mass is 9.98. The molecule has 5 heteroatoms. The molecule has 130 valence electrons. The van der Waals surface area contributed by atoms with Gasteiger partial charge in [0.1, 0.15) is 5.82 Å². The summed E-state index contributed by atoms with van der Waals surface area (Å²) < 4.78 is 15.5. The molecule has 2 nitrogen and oxygen atoms in total. The highest BCUT2D eigenvalue weighted by Crippen LogP contribution is 2.38. The number of para-hydroxylation sites is 1. The molecule has 3 aromatic carbocycles. The third-order valence-electron chi connectivity index (χ3n) is 4.44. The van der Waals surface area contributed by atoms with E-state index in [1.54, 1.807) is 17.1 Å². The molecule has 0 bridgehead atoms. The highest BCUT2D eigenvalue weighted by Gasteiger charge is 2.31. The predicted octanol–water partition coefficient (Wildman–Crippen LogP) is 6.60. The van der Waals surface area contributed by atoms with Crippen LogP contribution in [0.1, 0.15) is 23.6 Å². The van der Waals surface area contributed by atoms with Gasteiger partial charge in [0.15, 0.2) is 0 Å². The number of nitrogens with zero attached hydrogens (tertiary/aromatic N) is 2. The van der Waals surface area contributed by atoms with Gasteiger partial charge in [-0.05, 0) is 47.5 Å². The summed E-state index contributed by atoms with van der Waals surface area (Å²) in [7, 11) is 0. The van der Waals surface area contributed by atoms with E-state index in [1.165, 1.54) is 6.07 Å². The van der Waals surface area contributed by atoms with E-state index in [9.17, 15) is 4.39 Å². The van der Waals surface area contributed by atoms with Gasteiger partial charge >= 0.3 is 0 Å². The molecule has 1 heterocycles. The van der Waals surface area contributed by atoms with Crippen LogP contribution in [-0.4, -0.2) is 5.71 Å². The first kappa shape index (κ1) is 17.3. The molecule has 0 aliphatic carbocycles. The monoisotopic (exact) mass is 428 g/mol. The van der Waals surface area contributed by atoms with Gasteiger partial charge in [-0.2, -0.15) is 5.10 Å². The number of anilines is 1. The average Bonchev–Trinajstić information content (AvgIpc) is 3.08. The van der Waals surface area contributed by atoms with Gasteiger partial charge < -0.3 is 0 Å². The Balaban J connectivity index is 1.77. The standard InChI is InChI=1S/C21H15BrClFN2/c22-16-9-5-15(6-10-16)21-13-19(14-7-11-17(23)12-8-14)25-26(21)20-4-2-1-3-18(20)24/h1-12,21H,13H2. The van der Waals surface area contributed by atoms with Crippen molar-refractivity contribution in [3.8, 4) is 0 Å². The van der Waals surface area contributed by atoms with Crippen LogP contribution in [-0.2, 0) is 0 Å². The number of hydrogen-bond acceptors (Lipinski definition) is 2. The zero-order valence-corrected chi connectivity index (χ0v) is 16.1. The summed E-state index contributed by atoms with van der Waals surface area (Å²) in [6.45, 7) is 0. The largest absolute Gasteiger partial charge is 0.254 e. The first-order valence-corrected chi connectivity index (χ1v) is 9.41. The topological polar surface area (TPSA) is 15.6 Å². The lowest BCUT2D eigenvalue weighted by Gasteiger charge is -2.24. The molecule has 0 radical (unpaired) electrons. The summed E-state index contributed by atoms with van der Waals surface area (Å²) in [6.07, 6.45) is 0.692. The molecule has 0 amide bonds. The number of hydrogen-bond donors (Lipinski definition) is 0. The molecule has 0 fully saturated rings. The van der Waals surface area contributed by atoms with Crippen molar-refractivity contribution in [2.24, 2.45) is 5.10 Å². The van der Waals surface area contributed by atoms with Gasteiger partial charge in [0.05, 0.1) is 17.4 Å². The van der Waals surface area contributed by atoms with Crippen LogP contribution in [0.3, 0.4) is 0 Å². The number of benzene rings is 3. The minimum Gasteiger partial charge on any atom is -0.254 e. The van der Waals surface area contributed by atoms with Crippen molar-refractivity contribution >= 4 is 38.9 Å². The van der Waals surface area contributed by atoms with E-state index < -0.39 is 0 Å². The fourth-order valence-electron chi connectivity index (χ4n) is 3.13. The molecule has 0 saturated carbocycles. The Morgan fingerprint density at radius 3 is 2.35 bits per heavy atom. The van der Waals surface area contributed by atoms with E-state index >= 15 is 0 Å². The lowest BCUT2D eigenvalue weighted by Crippen LogP contribution is -2.19. The third kappa shape index (κ3) is 3.39. The minimum atomic E-state index is -0.282. The highest BCUT2D eigenvalue weighted by molar-refractivity contribution is 9.10. The van der Waals surface area contributed by atoms with Crippen molar-refractivity contribution in [2.75, 3.05) is 5.01 Å². The summed E-state index contributed by atoms with van der Waals surface area (Å²) in [5, 5.41) is 7.22. The van der Waals surface area contributed by atoms with Crippen molar-refractivity contribution in [1.82, 2.24) is 0 Å². The fraction of sp³-hybridized carbons (Fsp3) is 0.0952. The van der Waals surface area contributed by atoms with Crippen molar-refractivity contribution < 1.29 is 4.39 Å². The molecular formula is C21H15BrClFN2. The molecule has 1 aliphatic heterocycles. The van der Waals surface area contributed by atoms with Gasteiger partial charge in [0.25, 0.3) is 0 Å². The maximum absolute atomic E-state index is 14.4. The van der Waals surface area contributed by atoms with Crippen LogP contribution in [0.2, 0.25) is 5.02 Å². The normalized spacial score (nSPS) is 16.7. The summed E-state index contributed by atoms with van der Waals surface area (Å²) in [4.78, 5) is 0. The molecular weight excluding hydrogens is 415 g/mol. The Labute approximate surface area is 165 Å². The molecule has 0 saturated heterocycles. The van der Waals surface area contributed by atoms with Gasteiger partial charge in [-0.15, -0.1) is 0 Å². The second kappa shape index (κ2) is 7.22. The van der Waals surface area contributed by atoms with Crippen LogP contribution >= 0.6 is 27.5 Å². The van der Waals surface area contributed by atoms with E-state index in [2.05, 4.69) is 15.9 Å². The Kier molecular flexibility index (Phi) is 4.79. The molecule has 3 aromatic rings. The van der Waals surface area contributed by atoms with Crippen LogP contribution in [0.15, 0.2) is 82.4 Å². The Morgan fingerprint density at radius 1 is 0.962 bits per heavy atom. The zero-order valence-electron chi connectivity index (χ0n) is 13.7. The van der Waals surface area contributed by atoms with Gasteiger partial charge in [0.2, 0.25) is 0 Å². The lowest BCUT2D eigenvalue weighted by molar-refractivity contribution is 0.606. The smallest absolute Gasteiger partial charge is 0.148 e. The van der Waals surface area contributed by atoms with Crippen molar-refractivity contribution in [1.29, 1.82) is 0 Å². The van der Waals surface area contributed by atoms with Crippen LogP contribution in [0, 0.1) is 5.82 Å². The quantitative estimate of drug-likeness (QED) is 0.458. The van der Waals surface area contributed by atoms with E-state index in [0.29, 0.717) is 17.1 Å². The second-order valence-electron chi connectivity index (χ2n) is 6.12. The van der Waals surface area contributed by atoms with Crippen molar-refractivity contribution in [3.63, 3.8) is 0 Å². The average molecular weight is 430 g/mol. The number of rotatable bonds is 3. The molecule has 26 heavy (non-hydrogen) atoms. The molecule has 0 aromatic heterocycles. The van der Waals surface area contributed by atoms with Crippen LogP contribution < -0.4 is 5.01 Å². The maximum atomic E-state index is 14.4. The first-order valence-electron chi connectivity index (χ1n) is 8.24. The Morgan fingerprint density at radius 2 is 1.65 bits per heavy atom. The van der Waals surface area contributed by atoms with E-state index in [4.69, 9.17) is 16.7 Å². The van der Waals surface area contributed by atoms with Gasteiger partial charge in [-0.3, -0.25) is 5.01 Å². The van der Waals surface area contributed by atoms with Gasteiger partial charge in [-0.1, -0.05) is 63.9 Å². The van der Waals surface area contributed by atoms with E-state index in [0.717, 1.165) is 21.3 Å². The van der Waals surface area contributed by atoms with Crippen molar-refractivity contribution in [2.45, 2.75) is 12.5 Å². The van der Waals surface area contributed by atoms with Crippen LogP contribution in [0.4, 0.5) is 10.1 Å². The van der Waals surface area contributed by atoms with Crippen LogP contribution in [0.25, 0.3) is 0 Å². The molecule has 1 atom stereocenters. The highest BCUT2D eigenvalue weighted by atomic mass is 79.9. The minimum absolute atomic E-state index is 0.0642. The zero-order chi connectivity index (χ0) is 18.1. The summed E-state index contributed by atoms with van der Waals surface area (Å²) >= 11 is 9.47. The van der Waals surface area contributed by atoms with Crippen molar-refractivity contribution in [3.05, 3.63) is 99.2 Å². The summed E-state index contributed by atoms with van der Waals surface area (Å²) in [5.74, 6) is -0.282. The molecule has 1 unspecified atom stereocenters. The Bertz CT molecular complexity index is 955. The molecule has 1 aliphatic rings. The number of hydrazone groups is 1. The van der Waals surface area contributed by atoms with Crippen LogP contribution in [0.5, 0.6) is 0 Å². The SMILES string of the molecule is Fc1ccccc1N1N=C(c2ccc(Cl)cc2)CC1c1ccc(Br)cc1. The van der Waals surface area contributed by atoms with E-state index in [-0.39, 0.29) is 11.9 Å².